The molecule has 0 saturated carbocycles. The highest BCUT2D eigenvalue weighted by Crippen LogP contribution is 2.55. The zero-order valence-corrected chi connectivity index (χ0v) is 29.2. The number of aliphatic hydroxyl groups is 2. The molecule has 1 fully saturated rings. The van der Waals surface area contributed by atoms with Crippen LogP contribution in [0.3, 0.4) is 0 Å². The highest BCUT2D eigenvalue weighted by atomic mass is 16.7. The summed E-state index contributed by atoms with van der Waals surface area (Å²) in [4.78, 5) is 44.2. The second kappa shape index (κ2) is 13.1. The van der Waals surface area contributed by atoms with E-state index < -0.39 is 52.6 Å². The van der Waals surface area contributed by atoms with E-state index in [-0.39, 0.29) is 53.2 Å². The van der Waals surface area contributed by atoms with Crippen LogP contribution in [0.5, 0.6) is 11.6 Å². The standard InChI is InChI=1S/C39H43N3O9/c1-6-14-40-31-25-18-24-17-23-16-22(26-13-10-15-42(26)5)19-27(49-37(46)50-38(2,3)4)28(23)32(43)29(24)34(44)39(25,47)35(45)30-33(31)51-41-36(30)48-20-21-11-8-7-9-12-21/h6-9,11-12,16,19,24-26,31,40,44,47H,1,10,13-15,17-18,20H2,2-5H3/t24-,25-,26?,31-,39-/m0/s1. The van der Waals surface area contributed by atoms with Gasteiger partial charge >= 0.3 is 6.16 Å². The molecule has 0 radical (unpaired) electrons. The van der Waals surface area contributed by atoms with E-state index in [9.17, 15) is 24.6 Å². The van der Waals surface area contributed by atoms with Gasteiger partial charge in [0.05, 0.1) is 11.6 Å². The highest BCUT2D eigenvalue weighted by molar-refractivity contribution is 6.16. The third kappa shape index (κ3) is 6.04. The number of carbonyl (C=O) groups excluding carboxylic acids is 3. The summed E-state index contributed by atoms with van der Waals surface area (Å²) in [5.41, 5.74) is -1.11. The first-order valence-electron chi connectivity index (χ1n) is 17.4. The summed E-state index contributed by atoms with van der Waals surface area (Å²) in [7, 11) is 2.03. The fraction of sp³-hybridized carbons (Fsp3) is 0.436. The number of ether oxygens (including phenoxy) is 3. The zero-order valence-electron chi connectivity index (χ0n) is 29.2. The van der Waals surface area contributed by atoms with Crippen LogP contribution in [-0.4, -0.2) is 69.3 Å². The average Bonchev–Trinajstić information content (AvgIpc) is 3.71. The molecule has 1 aliphatic heterocycles. The third-order valence-electron chi connectivity index (χ3n) is 10.4. The summed E-state index contributed by atoms with van der Waals surface area (Å²) in [5, 5.41) is 31.8. The van der Waals surface area contributed by atoms with Crippen molar-refractivity contribution < 1.29 is 43.3 Å². The number of hydrogen-bond acceptors (Lipinski definition) is 12. The number of aliphatic hydroxyl groups excluding tert-OH is 1. The monoisotopic (exact) mass is 697 g/mol. The lowest BCUT2D eigenvalue weighted by Crippen LogP contribution is -2.59. The predicted molar refractivity (Wildman–Crippen MR) is 185 cm³/mol. The Balaban J connectivity index is 1.31. The van der Waals surface area contributed by atoms with Gasteiger partial charge in [-0.05, 0) is 93.9 Å². The van der Waals surface area contributed by atoms with E-state index in [1.807, 2.05) is 43.4 Å². The van der Waals surface area contributed by atoms with Gasteiger partial charge in [-0.25, -0.2) is 4.79 Å². The number of hydrogen-bond donors (Lipinski definition) is 3. The van der Waals surface area contributed by atoms with Crippen LogP contribution in [0.25, 0.3) is 0 Å². The summed E-state index contributed by atoms with van der Waals surface area (Å²) < 4.78 is 22.8. The van der Waals surface area contributed by atoms with E-state index in [1.54, 1.807) is 32.9 Å². The fourth-order valence-electron chi connectivity index (χ4n) is 8.13. The molecule has 2 heterocycles. The number of aromatic nitrogens is 1. The van der Waals surface area contributed by atoms with Crippen molar-refractivity contribution in [3.8, 4) is 11.6 Å². The number of fused-ring (bicyclic) bond motifs is 4. The van der Waals surface area contributed by atoms with Crippen LogP contribution in [0.4, 0.5) is 4.79 Å². The molecule has 3 aromatic rings. The second-order valence-electron chi connectivity index (χ2n) is 14.9. The molecule has 3 N–H and O–H groups in total. The Hall–Kier alpha value is -4.78. The van der Waals surface area contributed by atoms with Crippen molar-refractivity contribution in [3.05, 3.63) is 100 Å². The van der Waals surface area contributed by atoms with Crippen molar-refractivity contribution in [3.63, 3.8) is 0 Å². The van der Waals surface area contributed by atoms with Crippen molar-refractivity contribution in [2.75, 3.05) is 20.1 Å². The van der Waals surface area contributed by atoms with E-state index in [4.69, 9.17) is 18.7 Å². The van der Waals surface area contributed by atoms with Gasteiger partial charge in [0.2, 0.25) is 5.78 Å². The minimum absolute atomic E-state index is 0.00771. The van der Waals surface area contributed by atoms with Crippen LogP contribution in [0.2, 0.25) is 0 Å². The molecular formula is C39H43N3O9. The molecule has 7 rings (SSSR count). The van der Waals surface area contributed by atoms with Crippen molar-refractivity contribution in [2.24, 2.45) is 11.8 Å². The number of rotatable bonds is 8. The van der Waals surface area contributed by atoms with E-state index in [0.29, 0.717) is 18.5 Å². The largest absolute Gasteiger partial charge is 0.514 e. The topological polar surface area (TPSA) is 161 Å². The molecule has 2 aromatic carbocycles. The maximum Gasteiger partial charge on any atom is 0.514 e. The molecule has 5 atom stereocenters. The van der Waals surface area contributed by atoms with Crippen molar-refractivity contribution >= 4 is 17.7 Å². The lowest BCUT2D eigenvalue weighted by molar-refractivity contribution is -0.0401. The first-order valence-corrected chi connectivity index (χ1v) is 17.4. The first-order chi connectivity index (χ1) is 24.3. The summed E-state index contributed by atoms with van der Waals surface area (Å²) in [6.45, 7) is 10.2. The minimum atomic E-state index is -2.51. The first kappa shape index (κ1) is 34.7. The number of nitrogens with one attached hydrogen (secondary N) is 1. The normalized spacial score (nSPS) is 25.8. The molecule has 0 spiro atoms. The highest BCUT2D eigenvalue weighted by Gasteiger charge is 2.63. The SMILES string of the molecule is C=CCN[C@@H]1c2onc(OCc3ccccc3)c2C(=O)[C@@]2(O)C(O)=C3C(=O)c4c(cc(C5CCCN5C)cc4OC(=O)OC(C)(C)C)C[C@H]3C[C@@H]12. The van der Waals surface area contributed by atoms with E-state index in [2.05, 4.69) is 22.0 Å². The second-order valence-corrected chi connectivity index (χ2v) is 14.9. The molecule has 1 unspecified atom stereocenters. The van der Waals surface area contributed by atoms with Crippen LogP contribution in [-0.2, 0) is 17.8 Å². The average molecular weight is 698 g/mol. The Morgan fingerprint density at radius 1 is 1.20 bits per heavy atom. The number of ketones is 2. The van der Waals surface area contributed by atoms with Crippen molar-refractivity contribution in [1.82, 2.24) is 15.4 Å². The molecular weight excluding hydrogens is 654 g/mol. The van der Waals surface area contributed by atoms with E-state index >= 15 is 0 Å². The minimum Gasteiger partial charge on any atom is -0.508 e. The molecule has 12 nitrogen and oxygen atoms in total. The molecule has 0 amide bonds. The number of allylic oxidation sites excluding steroid dienone is 1. The van der Waals surface area contributed by atoms with Crippen LogP contribution in [0, 0.1) is 11.8 Å². The number of Topliss-reactive ketones (excluding diaryl/α,β-unsaturated/α-hetero) is 2. The lowest BCUT2D eigenvalue weighted by Gasteiger charge is -2.48. The molecule has 3 aliphatic carbocycles. The maximum atomic E-state index is 14.6. The number of nitrogens with zero attached hydrogens (tertiary/aromatic N) is 2. The zero-order chi connectivity index (χ0) is 36.2. The van der Waals surface area contributed by atoms with Crippen molar-refractivity contribution in [2.45, 2.75) is 76.3 Å². The van der Waals surface area contributed by atoms with Crippen LogP contribution >= 0.6 is 0 Å². The molecule has 1 saturated heterocycles. The summed E-state index contributed by atoms with van der Waals surface area (Å²) in [6.07, 6.45) is 3.00. The maximum absolute atomic E-state index is 14.6. The Morgan fingerprint density at radius 2 is 1.96 bits per heavy atom. The summed E-state index contributed by atoms with van der Waals surface area (Å²) in [5.74, 6) is -3.69. The molecule has 12 heteroatoms. The van der Waals surface area contributed by atoms with Gasteiger partial charge in [0.1, 0.15) is 29.3 Å². The number of carbonyl (C=O) groups is 3. The third-order valence-corrected chi connectivity index (χ3v) is 10.4. The Labute approximate surface area is 296 Å². The Bertz CT molecular complexity index is 1930. The Morgan fingerprint density at radius 3 is 2.65 bits per heavy atom. The molecule has 268 valence electrons. The number of benzene rings is 2. The van der Waals surface area contributed by atoms with Crippen LogP contribution < -0.4 is 14.8 Å². The molecule has 1 aromatic heterocycles. The Kier molecular flexibility index (Phi) is 8.89. The predicted octanol–water partition coefficient (Wildman–Crippen LogP) is 5.97. The van der Waals surface area contributed by atoms with Crippen LogP contribution in [0.15, 0.2) is 71.0 Å². The fourth-order valence-corrected chi connectivity index (χ4v) is 8.13. The molecule has 51 heavy (non-hydrogen) atoms. The smallest absolute Gasteiger partial charge is 0.508 e. The van der Waals surface area contributed by atoms with Gasteiger partial charge in [0.15, 0.2) is 17.1 Å². The summed E-state index contributed by atoms with van der Waals surface area (Å²) in [6, 6.07) is 12.2. The van der Waals surface area contributed by atoms with Gasteiger partial charge < -0.3 is 34.3 Å². The van der Waals surface area contributed by atoms with Crippen LogP contribution in [0.1, 0.15) is 95.3 Å². The molecule has 4 aliphatic rings. The lowest BCUT2D eigenvalue weighted by atomic mass is 9.58. The summed E-state index contributed by atoms with van der Waals surface area (Å²) >= 11 is 0. The van der Waals surface area contributed by atoms with Gasteiger partial charge in [-0.1, -0.05) is 42.5 Å². The quantitative estimate of drug-likeness (QED) is 0.144. The van der Waals surface area contributed by atoms with Gasteiger partial charge in [-0.3, -0.25) is 14.5 Å². The van der Waals surface area contributed by atoms with Gasteiger partial charge in [0.25, 0.3) is 5.88 Å². The van der Waals surface area contributed by atoms with Crippen molar-refractivity contribution in [1.29, 1.82) is 0 Å². The molecule has 0 bridgehead atoms. The van der Waals surface area contributed by atoms with E-state index in [0.717, 1.165) is 30.5 Å². The number of likely N-dealkylation sites (tertiary alicyclic amines) is 1. The van der Waals surface area contributed by atoms with E-state index in [1.165, 1.54) is 0 Å². The van der Waals surface area contributed by atoms with Gasteiger partial charge in [-0.2, -0.15) is 0 Å². The van der Waals surface area contributed by atoms with Gasteiger partial charge in [-0.15, -0.1) is 6.58 Å². The van der Waals surface area contributed by atoms with Gasteiger partial charge in [0, 0.05) is 24.1 Å².